The van der Waals surface area contributed by atoms with E-state index < -0.39 is 0 Å². The first-order valence-corrected chi connectivity index (χ1v) is 9.25. The zero-order chi connectivity index (χ0) is 18.8. The van der Waals surface area contributed by atoms with Gasteiger partial charge in [-0.15, -0.1) is 0 Å². The van der Waals surface area contributed by atoms with Crippen molar-refractivity contribution < 1.29 is 0 Å². The summed E-state index contributed by atoms with van der Waals surface area (Å²) in [7, 11) is 1.72. The van der Waals surface area contributed by atoms with Gasteiger partial charge < -0.3 is 0 Å². The molecule has 0 aliphatic carbocycles. The van der Waals surface area contributed by atoms with Crippen LogP contribution in [0.15, 0.2) is 54.1 Å². The molecule has 1 saturated heterocycles. The first kappa shape index (κ1) is 17.5. The molecule has 0 N–H and O–H groups in total. The minimum absolute atomic E-state index is 0.0875. The van der Waals surface area contributed by atoms with Crippen LogP contribution in [0.1, 0.15) is 30.1 Å². The lowest BCUT2D eigenvalue weighted by molar-refractivity contribution is 0.201. The predicted molar refractivity (Wildman–Crippen MR) is 105 cm³/mol. The summed E-state index contributed by atoms with van der Waals surface area (Å²) in [5.74, 6) is 1.15. The molecule has 1 fully saturated rings. The molecule has 1 aliphatic heterocycles. The minimum Gasteiger partial charge on any atom is -0.299 e. The highest BCUT2D eigenvalue weighted by molar-refractivity contribution is 5.33. The van der Waals surface area contributed by atoms with Crippen molar-refractivity contribution in [2.75, 3.05) is 13.1 Å². The number of piperidine rings is 1. The summed E-state index contributed by atoms with van der Waals surface area (Å²) in [5.41, 5.74) is 1.98. The Hall–Kier alpha value is -2.93. The normalized spacial score (nSPS) is 15.9. The third kappa shape index (κ3) is 3.50. The number of rotatable bonds is 5. The first-order valence-electron chi connectivity index (χ1n) is 9.25. The second-order valence-electron chi connectivity index (χ2n) is 7.00. The SMILES string of the molecule is C=Cn1cc(CN2CCC(c3nn(C)c(=O)n3-c3ccccc3)CC2)cn1. The molecule has 0 saturated carbocycles. The highest BCUT2D eigenvalue weighted by Crippen LogP contribution is 2.28. The maximum Gasteiger partial charge on any atom is 0.350 e. The van der Waals surface area contributed by atoms with E-state index in [4.69, 9.17) is 0 Å². The molecule has 0 bridgehead atoms. The van der Waals surface area contributed by atoms with Crippen LogP contribution in [0, 0.1) is 0 Å². The number of aryl methyl sites for hydroxylation is 1. The lowest BCUT2D eigenvalue weighted by Crippen LogP contribution is -2.33. The van der Waals surface area contributed by atoms with Crippen molar-refractivity contribution in [3.8, 4) is 5.69 Å². The highest BCUT2D eigenvalue weighted by Gasteiger charge is 2.27. The van der Waals surface area contributed by atoms with Crippen molar-refractivity contribution in [3.63, 3.8) is 0 Å². The van der Waals surface area contributed by atoms with E-state index in [-0.39, 0.29) is 11.6 Å². The van der Waals surface area contributed by atoms with Crippen LogP contribution in [-0.4, -0.2) is 42.1 Å². The van der Waals surface area contributed by atoms with Gasteiger partial charge in [-0.1, -0.05) is 24.8 Å². The van der Waals surface area contributed by atoms with Gasteiger partial charge >= 0.3 is 5.69 Å². The van der Waals surface area contributed by atoms with E-state index in [1.165, 1.54) is 10.2 Å². The fourth-order valence-electron chi connectivity index (χ4n) is 3.73. The van der Waals surface area contributed by atoms with Gasteiger partial charge in [0.05, 0.1) is 11.9 Å². The molecule has 140 valence electrons. The third-order valence-electron chi connectivity index (χ3n) is 5.17. The van der Waals surface area contributed by atoms with Gasteiger partial charge in [0.15, 0.2) is 0 Å². The van der Waals surface area contributed by atoms with Crippen molar-refractivity contribution >= 4 is 6.20 Å². The lowest BCUT2D eigenvalue weighted by atomic mass is 9.95. The number of likely N-dealkylation sites (tertiary alicyclic amines) is 1. The Bertz CT molecular complexity index is 976. The molecule has 4 rings (SSSR count). The largest absolute Gasteiger partial charge is 0.350 e. The molecule has 0 unspecified atom stereocenters. The Morgan fingerprint density at radius 3 is 2.63 bits per heavy atom. The Morgan fingerprint density at radius 1 is 1.22 bits per heavy atom. The number of nitrogens with zero attached hydrogens (tertiary/aromatic N) is 6. The van der Waals surface area contributed by atoms with Crippen molar-refractivity contribution in [2.45, 2.75) is 25.3 Å². The second-order valence-corrected chi connectivity index (χ2v) is 7.00. The molecule has 7 nitrogen and oxygen atoms in total. The van der Waals surface area contributed by atoms with Gasteiger partial charge in [-0.25, -0.2) is 18.7 Å². The van der Waals surface area contributed by atoms with Gasteiger partial charge in [0.25, 0.3) is 0 Å². The minimum atomic E-state index is -0.0875. The fraction of sp³-hybridized carbons (Fsp3) is 0.350. The number of aromatic nitrogens is 5. The van der Waals surface area contributed by atoms with Crippen LogP contribution in [0.2, 0.25) is 0 Å². The van der Waals surface area contributed by atoms with Crippen LogP contribution in [0.25, 0.3) is 11.9 Å². The van der Waals surface area contributed by atoms with Gasteiger partial charge in [0, 0.05) is 37.5 Å². The van der Waals surface area contributed by atoms with Crippen molar-refractivity contribution in [1.29, 1.82) is 0 Å². The Kier molecular flexibility index (Phi) is 4.77. The molecule has 3 aromatic rings. The Morgan fingerprint density at radius 2 is 1.96 bits per heavy atom. The number of hydrogen-bond donors (Lipinski definition) is 0. The van der Waals surface area contributed by atoms with Crippen LogP contribution in [0.5, 0.6) is 0 Å². The molecule has 1 aromatic carbocycles. The number of para-hydroxylation sites is 1. The van der Waals surface area contributed by atoms with E-state index in [9.17, 15) is 4.79 Å². The van der Waals surface area contributed by atoms with Gasteiger partial charge in [-0.2, -0.15) is 10.2 Å². The summed E-state index contributed by atoms with van der Waals surface area (Å²) in [6.45, 7) is 6.56. The van der Waals surface area contributed by atoms with Crippen LogP contribution in [0.3, 0.4) is 0 Å². The monoisotopic (exact) mass is 364 g/mol. The van der Waals surface area contributed by atoms with E-state index in [1.807, 2.05) is 42.7 Å². The molecule has 7 heteroatoms. The molecule has 1 aliphatic rings. The number of benzene rings is 1. The summed E-state index contributed by atoms with van der Waals surface area (Å²) in [5, 5.41) is 8.80. The molecular formula is C20H24N6O. The summed E-state index contributed by atoms with van der Waals surface area (Å²) in [6.07, 6.45) is 7.56. The highest BCUT2D eigenvalue weighted by atomic mass is 16.2. The summed E-state index contributed by atoms with van der Waals surface area (Å²) in [4.78, 5) is 15.0. The van der Waals surface area contributed by atoms with E-state index in [2.05, 4.69) is 21.7 Å². The molecule has 0 amide bonds. The molecule has 27 heavy (non-hydrogen) atoms. The molecular weight excluding hydrogens is 340 g/mol. The molecule has 0 spiro atoms. The van der Waals surface area contributed by atoms with Gasteiger partial charge in [-0.05, 0) is 38.1 Å². The second kappa shape index (κ2) is 7.36. The Labute approximate surface area is 158 Å². The van der Waals surface area contributed by atoms with Gasteiger partial charge in [-0.3, -0.25) is 4.90 Å². The van der Waals surface area contributed by atoms with Crippen molar-refractivity contribution in [1.82, 2.24) is 29.0 Å². The van der Waals surface area contributed by atoms with Crippen LogP contribution in [0.4, 0.5) is 0 Å². The number of hydrogen-bond acceptors (Lipinski definition) is 4. The topological polar surface area (TPSA) is 60.9 Å². The zero-order valence-corrected chi connectivity index (χ0v) is 15.5. The van der Waals surface area contributed by atoms with Crippen LogP contribution < -0.4 is 5.69 Å². The van der Waals surface area contributed by atoms with Gasteiger partial charge in [0.2, 0.25) is 0 Å². The average Bonchev–Trinajstić information content (AvgIpc) is 3.27. The van der Waals surface area contributed by atoms with E-state index >= 15 is 0 Å². The van der Waals surface area contributed by atoms with E-state index in [0.29, 0.717) is 0 Å². The predicted octanol–water partition coefficient (Wildman–Crippen LogP) is 2.25. The maximum atomic E-state index is 12.6. The van der Waals surface area contributed by atoms with Crippen LogP contribution in [-0.2, 0) is 13.6 Å². The standard InChI is InChI=1S/C20H24N6O/c1-3-25-15-16(13-21-25)14-24-11-9-17(10-12-24)19-22-23(2)20(27)26(19)18-7-5-4-6-8-18/h3-8,13,15,17H,1,9-12,14H2,2H3. The smallest absolute Gasteiger partial charge is 0.299 e. The first-order chi connectivity index (χ1) is 13.2. The zero-order valence-electron chi connectivity index (χ0n) is 15.5. The van der Waals surface area contributed by atoms with Crippen LogP contribution >= 0.6 is 0 Å². The van der Waals surface area contributed by atoms with Crippen molar-refractivity contribution in [2.24, 2.45) is 7.05 Å². The fourth-order valence-corrected chi connectivity index (χ4v) is 3.73. The summed E-state index contributed by atoms with van der Waals surface area (Å²) < 4.78 is 4.93. The van der Waals surface area contributed by atoms with E-state index in [1.54, 1.807) is 22.5 Å². The third-order valence-corrected chi connectivity index (χ3v) is 5.17. The average molecular weight is 364 g/mol. The van der Waals surface area contributed by atoms with Gasteiger partial charge in [0.1, 0.15) is 5.82 Å². The lowest BCUT2D eigenvalue weighted by Gasteiger charge is -2.31. The van der Waals surface area contributed by atoms with E-state index in [0.717, 1.165) is 44.0 Å². The summed E-state index contributed by atoms with van der Waals surface area (Å²) in [6, 6.07) is 9.77. The summed E-state index contributed by atoms with van der Waals surface area (Å²) >= 11 is 0. The molecule has 2 aromatic heterocycles. The van der Waals surface area contributed by atoms with Crippen molar-refractivity contribution in [3.05, 3.63) is 71.2 Å². The molecule has 3 heterocycles. The quantitative estimate of drug-likeness (QED) is 0.697. The molecule has 0 radical (unpaired) electrons. The Balaban J connectivity index is 1.49. The molecule has 0 atom stereocenters. The maximum absolute atomic E-state index is 12.6.